The molecule has 0 fully saturated rings. The number of fused-ring (bicyclic) bond motifs is 2. The maximum atomic E-state index is 12.5. The molecule has 2 aromatic carbocycles. The van der Waals surface area contributed by atoms with Crippen LogP contribution in [0.5, 0.6) is 0 Å². The van der Waals surface area contributed by atoms with E-state index in [1.165, 1.54) is 21.2 Å². The quantitative estimate of drug-likeness (QED) is 0.769. The second kappa shape index (κ2) is 6.38. The van der Waals surface area contributed by atoms with Gasteiger partial charge in [0, 0.05) is 10.7 Å². The first-order valence-electron chi connectivity index (χ1n) is 8.28. The van der Waals surface area contributed by atoms with Crippen LogP contribution in [0, 0.1) is 0 Å². The number of nitrogens with one attached hydrogen (secondary N) is 1. The van der Waals surface area contributed by atoms with Crippen molar-refractivity contribution in [2.75, 3.05) is 0 Å². The molecule has 0 bridgehead atoms. The van der Waals surface area contributed by atoms with Crippen LogP contribution in [0.15, 0.2) is 53.9 Å². The maximum Gasteiger partial charge on any atom is 0.237 e. The lowest BCUT2D eigenvalue weighted by molar-refractivity contribution is -0.123. The lowest BCUT2D eigenvalue weighted by atomic mass is 10.0. The topological polar surface area (TPSA) is 55.1 Å². The fraction of sp³-hybridized carbons (Fsp3) is 0.250. The number of amides is 1. The number of hydrogen-bond acceptors (Lipinski definition) is 3. The van der Waals surface area contributed by atoms with E-state index in [2.05, 4.69) is 47.1 Å². The summed E-state index contributed by atoms with van der Waals surface area (Å²) in [6.45, 7) is 0. The van der Waals surface area contributed by atoms with Gasteiger partial charge in [0.25, 0.3) is 0 Å². The first kappa shape index (κ1) is 15.4. The summed E-state index contributed by atoms with van der Waals surface area (Å²) in [7, 11) is 0. The number of carbonyl (C=O) groups excluding carboxylic acids is 1. The van der Waals surface area contributed by atoms with Crippen molar-refractivity contribution in [1.29, 1.82) is 0 Å². The molecule has 0 saturated carbocycles. The summed E-state index contributed by atoms with van der Waals surface area (Å²) in [5, 5.41) is 6.45. The van der Waals surface area contributed by atoms with Gasteiger partial charge in [-0.2, -0.15) is 0 Å². The monoisotopic (exact) mass is 336 g/mol. The summed E-state index contributed by atoms with van der Waals surface area (Å²) >= 11 is 1.70. The summed E-state index contributed by atoms with van der Waals surface area (Å²) in [6, 6.07) is 16.3. The maximum absolute atomic E-state index is 12.5. The van der Waals surface area contributed by atoms with E-state index in [9.17, 15) is 4.79 Å². The minimum Gasteiger partial charge on any atom is -0.351 e. The molecule has 1 aliphatic carbocycles. The van der Waals surface area contributed by atoms with Gasteiger partial charge >= 0.3 is 0 Å². The summed E-state index contributed by atoms with van der Waals surface area (Å²) in [6.07, 6.45) is 2.38. The van der Waals surface area contributed by atoms with Crippen LogP contribution in [-0.4, -0.2) is 18.0 Å². The van der Waals surface area contributed by atoms with E-state index in [0.717, 1.165) is 18.4 Å². The average Bonchev–Trinajstić information content (AvgIpc) is 3.18. The predicted molar refractivity (Wildman–Crippen MR) is 99.3 cm³/mol. The highest BCUT2D eigenvalue weighted by Crippen LogP contribution is 2.26. The Morgan fingerprint density at radius 2 is 1.79 bits per heavy atom. The second-order valence-electron chi connectivity index (χ2n) is 6.45. The van der Waals surface area contributed by atoms with Crippen LogP contribution in [0.3, 0.4) is 0 Å². The van der Waals surface area contributed by atoms with Crippen LogP contribution in [-0.2, 0) is 24.1 Å². The zero-order valence-corrected chi connectivity index (χ0v) is 14.2. The highest BCUT2D eigenvalue weighted by molar-refractivity contribution is 7.17. The van der Waals surface area contributed by atoms with Crippen molar-refractivity contribution in [3.8, 4) is 0 Å². The molecule has 0 spiro atoms. The fourth-order valence-corrected chi connectivity index (χ4v) is 4.47. The van der Waals surface area contributed by atoms with Gasteiger partial charge in [-0.05, 0) is 52.8 Å². The van der Waals surface area contributed by atoms with Crippen LogP contribution >= 0.6 is 11.3 Å². The van der Waals surface area contributed by atoms with Crippen molar-refractivity contribution >= 4 is 27.3 Å². The zero-order chi connectivity index (χ0) is 16.5. The van der Waals surface area contributed by atoms with E-state index in [1.54, 1.807) is 11.3 Å². The van der Waals surface area contributed by atoms with Crippen LogP contribution in [0.4, 0.5) is 0 Å². The molecule has 0 saturated heterocycles. The molecule has 1 amide bonds. The number of thiophene rings is 1. The van der Waals surface area contributed by atoms with Gasteiger partial charge in [0.05, 0.1) is 6.04 Å². The Labute approximate surface area is 145 Å². The van der Waals surface area contributed by atoms with Gasteiger partial charge in [0.2, 0.25) is 5.91 Å². The number of hydrogen-bond donors (Lipinski definition) is 2. The molecule has 122 valence electrons. The van der Waals surface area contributed by atoms with Crippen molar-refractivity contribution < 1.29 is 4.79 Å². The summed E-state index contributed by atoms with van der Waals surface area (Å²) in [5.74, 6) is -0.0527. The molecular weight excluding hydrogens is 316 g/mol. The molecule has 3 aromatic rings. The lowest BCUT2D eigenvalue weighted by Gasteiger charge is -2.16. The fourth-order valence-electron chi connectivity index (χ4n) is 3.49. The Balaban J connectivity index is 1.40. The predicted octanol–water partition coefficient (Wildman–Crippen LogP) is 3.05. The summed E-state index contributed by atoms with van der Waals surface area (Å²) < 4.78 is 1.24. The molecular formula is C20H20N2OS. The summed E-state index contributed by atoms with van der Waals surface area (Å²) in [4.78, 5) is 12.5. The Bertz CT molecular complexity index is 861. The minimum atomic E-state index is -0.508. The van der Waals surface area contributed by atoms with E-state index < -0.39 is 6.04 Å². The van der Waals surface area contributed by atoms with Gasteiger partial charge < -0.3 is 11.1 Å². The Morgan fingerprint density at radius 3 is 2.54 bits per heavy atom. The SMILES string of the molecule is N[C@@H](Cc1csc2ccccc12)C(=O)NC1Cc2ccccc2C1. The molecule has 1 atom stereocenters. The third-order valence-corrected chi connectivity index (χ3v) is 5.75. The van der Waals surface area contributed by atoms with Gasteiger partial charge in [-0.3, -0.25) is 4.79 Å². The molecule has 4 rings (SSSR count). The van der Waals surface area contributed by atoms with E-state index in [-0.39, 0.29) is 11.9 Å². The molecule has 1 aliphatic rings. The van der Waals surface area contributed by atoms with Crippen molar-refractivity contribution in [3.63, 3.8) is 0 Å². The smallest absolute Gasteiger partial charge is 0.237 e. The van der Waals surface area contributed by atoms with Crippen LogP contribution in [0.25, 0.3) is 10.1 Å². The standard InChI is InChI=1S/C20H20N2OS/c21-18(11-15-12-24-19-8-4-3-7-17(15)19)20(23)22-16-9-13-5-1-2-6-14(13)10-16/h1-8,12,16,18H,9-11,21H2,(H,22,23)/t18-/m0/s1. The molecule has 1 heterocycles. The van der Waals surface area contributed by atoms with Crippen molar-refractivity contribution in [2.24, 2.45) is 5.73 Å². The van der Waals surface area contributed by atoms with Gasteiger partial charge in [-0.1, -0.05) is 42.5 Å². The van der Waals surface area contributed by atoms with Crippen molar-refractivity contribution in [1.82, 2.24) is 5.32 Å². The second-order valence-corrected chi connectivity index (χ2v) is 7.36. The number of carbonyl (C=O) groups is 1. The summed E-state index contributed by atoms with van der Waals surface area (Å²) in [5.41, 5.74) is 10.0. The van der Waals surface area contributed by atoms with E-state index in [4.69, 9.17) is 5.73 Å². The minimum absolute atomic E-state index is 0.0527. The normalized spacial score (nSPS) is 15.4. The van der Waals surface area contributed by atoms with E-state index in [1.807, 2.05) is 12.1 Å². The molecule has 3 nitrogen and oxygen atoms in total. The van der Waals surface area contributed by atoms with Gasteiger partial charge in [0.15, 0.2) is 0 Å². The first-order chi connectivity index (χ1) is 11.7. The third kappa shape index (κ3) is 2.95. The van der Waals surface area contributed by atoms with Crippen molar-refractivity contribution in [2.45, 2.75) is 31.3 Å². The number of rotatable bonds is 4. The highest BCUT2D eigenvalue weighted by Gasteiger charge is 2.25. The highest BCUT2D eigenvalue weighted by atomic mass is 32.1. The van der Waals surface area contributed by atoms with E-state index >= 15 is 0 Å². The molecule has 0 aliphatic heterocycles. The van der Waals surface area contributed by atoms with Gasteiger partial charge in [-0.25, -0.2) is 0 Å². The Morgan fingerprint density at radius 1 is 1.12 bits per heavy atom. The average molecular weight is 336 g/mol. The number of benzene rings is 2. The zero-order valence-electron chi connectivity index (χ0n) is 13.4. The van der Waals surface area contributed by atoms with Crippen LogP contribution in [0.1, 0.15) is 16.7 Å². The molecule has 3 N–H and O–H groups in total. The number of nitrogens with two attached hydrogens (primary N) is 1. The third-order valence-electron chi connectivity index (χ3n) is 4.74. The van der Waals surface area contributed by atoms with Crippen LogP contribution in [0.2, 0.25) is 0 Å². The van der Waals surface area contributed by atoms with Gasteiger partial charge in [-0.15, -0.1) is 11.3 Å². The molecule has 4 heteroatoms. The van der Waals surface area contributed by atoms with Crippen LogP contribution < -0.4 is 11.1 Å². The molecule has 0 unspecified atom stereocenters. The molecule has 0 radical (unpaired) electrons. The van der Waals surface area contributed by atoms with E-state index in [0.29, 0.717) is 6.42 Å². The first-order valence-corrected chi connectivity index (χ1v) is 9.16. The van der Waals surface area contributed by atoms with Crippen molar-refractivity contribution in [3.05, 3.63) is 70.6 Å². The molecule has 24 heavy (non-hydrogen) atoms. The molecule has 1 aromatic heterocycles. The Kier molecular flexibility index (Phi) is 4.08. The Hall–Kier alpha value is -2.17. The largest absolute Gasteiger partial charge is 0.351 e. The lowest BCUT2D eigenvalue weighted by Crippen LogP contribution is -2.46. The van der Waals surface area contributed by atoms with Gasteiger partial charge in [0.1, 0.15) is 0 Å².